The molecule has 0 radical (unpaired) electrons. The van der Waals surface area contributed by atoms with Crippen molar-refractivity contribution >= 4 is 27.5 Å². The second-order valence-electron chi connectivity index (χ2n) is 4.02. The van der Waals surface area contributed by atoms with Gasteiger partial charge in [0.05, 0.1) is 23.0 Å². The number of hydrogen-bond donors (Lipinski definition) is 1. The second-order valence-corrected chi connectivity index (χ2v) is 5.28. The monoisotopic (exact) mass is 343 g/mol. The number of benzene rings is 1. The Kier molecular flexibility index (Phi) is 5.39. The van der Waals surface area contributed by atoms with Gasteiger partial charge in [0.2, 0.25) is 0 Å². The highest BCUT2D eigenvalue weighted by atomic mass is 79.9. The summed E-state index contributed by atoms with van der Waals surface area (Å²) in [5, 5.41) is 8.45. The molecule has 2 aromatic rings. The first-order valence-electron chi connectivity index (χ1n) is 5.90. The smallest absolute Gasteiger partial charge is 0.0766 e. The van der Waals surface area contributed by atoms with Crippen LogP contribution in [0.15, 0.2) is 34.9 Å². The molecule has 0 saturated heterocycles. The van der Waals surface area contributed by atoms with Gasteiger partial charge in [0.15, 0.2) is 0 Å². The third-order valence-electron chi connectivity index (χ3n) is 2.60. The average Bonchev–Trinajstić information content (AvgIpc) is 2.87. The number of nitrogens with zero attached hydrogens (tertiary/aromatic N) is 2. The zero-order valence-corrected chi connectivity index (χ0v) is 12.9. The zero-order chi connectivity index (χ0) is 13.7. The molecule has 0 aliphatic rings. The third-order valence-corrected chi connectivity index (χ3v) is 3.82. The predicted octanol–water partition coefficient (Wildman–Crippen LogP) is 3.02. The molecule has 0 amide bonds. The molecule has 2 rings (SSSR count). The van der Waals surface area contributed by atoms with Gasteiger partial charge in [0.25, 0.3) is 0 Å². The van der Waals surface area contributed by atoms with Crippen LogP contribution in [0.1, 0.15) is 5.69 Å². The maximum atomic E-state index is 5.97. The van der Waals surface area contributed by atoms with Crippen molar-refractivity contribution in [2.75, 3.05) is 20.3 Å². The lowest BCUT2D eigenvalue weighted by Gasteiger charge is -2.04. The van der Waals surface area contributed by atoms with Crippen LogP contribution in [0.25, 0.3) is 5.69 Å². The van der Waals surface area contributed by atoms with E-state index in [0.29, 0.717) is 11.6 Å². The van der Waals surface area contributed by atoms with E-state index >= 15 is 0 Å². The highest BCUT2D eigenvalue weighted by molar-refractivity contribution is 9.10. The van der Waals surface area contributed by atoms with Crippen molar-refractivity contribution in [1.82, 2.24) is 15.1 Å². The van der Waals surface area contributed by atoms with E-state index in [4.69, 9.17) is 16.3 Å². The van der Waals surface area contributed by atoms with E-state index in [1.165, 1.54) is 0 Å². The molecule has 1 aromatic carbocycles. The predicted molar refractivity (Wildman–Crippen MR) is 79.9 cm³/mol. The lowest BCUT2D eigenvalue weighted by molar-refractivity contribution is 0.199. The Balaban J connectivity index is 2.01. The van der Waals surface area contributed by atoms with Crippen LogP contribution >= 0.6 is 27.5 Å². The number of methoxy groups -OCH3 is 1. The fourth-order valence-electron chi connectivity index (χ4n) is 1.62. The molecule has 0 fully saturated rings. The Hall–Kier alpha value is -0.880. The van der Waals surface area contributed by atoms with Crippen LogP contribution in [0.2, 0.25) is 5.02 Å². The van der Waals surface area contributed by atoms with Crippen LogP contribution in [0.3, 0.4) is 0 Å². The third kappa shape index (κ3) is 4.04. The Morgan fingerprint density at radius 3 is 3.00 bits per heavy atom. The highest BCUT2D eigenvalue weighted by Crippen LogP contribution is 2.24. The molecule has 6 heteroatoms. The van der Waals surface area contributed by atoms with Gasteiger partial charge in [-0.2, -0.15) is 5.10 Å². The fourth-order valence-corrected chi connectivity index (χ4v) is 2.10. The molecular weight excluding hydrogens is 330 g/mol. The highest BCUT2D eigenvalue weighted by Gasteiger charge is 2.03. The zero-order valence-electron chi connectivity index (χ0n) is 10.6. The number of ether oxygens (including phenoxy) is 1. The Labute approximate surface area is 125 Å². The van der Waals surface area contributed by atoms with Crippen molar-refractivity contribution in [2.45, 2.75) is 6.54 Å². The standard InChI is InChI=1S/C13H15BrClN3O/c1-19-7-5-16-9-10-4-6-18(17-10)11-2-3-13(15)12(14)8-11/h2-4,6,8,16H,5,7,9H2,1H3. The summed E-state index contributed by atoms with van der Waals surface area (Å²) in [4.78, 5) is 0. The van der Waals surface area contributed by atoms with Crippen molar-refractivity contribution in [2.24, 2.45) is 0 Å². The minimum absolute atomic E-state index is 0.692. The van der Waals surface area contributed by atoms with Gasteiger partial charge in [-0.1, -0.05) is 11.6 Å². The van der Waals surface area contributed by atoms with Crippen molar-refractivity contribution in [3.05, 3.63) is 45.7 Å². The first kappa shape index (κ1) is 14.5. The van der Waals surface area contributed by atoms with Crippen LogP contribution in [0.4, 0.5) is 0 Å². The Morgan fingerprint density at radius 1 is 1.42 bits per heavy atom. The maximum Gasteiger partial charge on any atom is 0.0766 e. The molecule has 0 spiro atoms. The molecule has 1 aromatic heterocycles. The molecule has 0 unspecified atom stereocenters. The minimum Gasteiger partial charge on any atom is -0.383 e. The lowest BCUT2D eigenvalue weighted by Crippen LogP contribution is -2.18. The van der Waals surface area contributed by atoms with E-state index in [-0.39, 0.29) is 0 Å². The maximum absolute atomic E-state index is 5.97. The number of aromatic nitrogens is 2. The van der Waals surface area contributed by atoms with Crippen LogP contribution < -0.4 is 5.32 Å². The van der Waals surface area contributed by atoms with E-state index in [1.807, 2.05) is 35.1 Å². The summed E-state index contributed by atoms with van der Waals surface area (Å²) in [6.45, 7) is 2.24. The first-order chi connectivity index (χ1) is 9.20. The molecule has 0 atom stereocenters. The van der Waals surface area contributed by atoms with Gasteiger partial charge in [-0.15, -0.1) is 0 Å². The summed E-state index contributed by atoms with van der Waals surface area (Å²) >= 11 is 9.38. The summed E-state index contributed by atoms with van der Waals surface area (Å²) in [5.41, 5.74) is 1.96. The van der Waals surface area contributed by atoms with E-state index in [2.05, 4.69) is 26.3 Å². The largest absolute Gasteiger partial charge is 0.383 e. The Morgan fingerprint density at radius 2 is 2.26 bits per heavy atom. The SMILES string of the molecule is COCCNCc1ccn(-c2ccc(Cl)c(Br)c2)n1. The van der Waals surface area contributed by atoms with Gasteiger partial charge in [0.1, 0.15) is 0 Å². The van der Waals surface area contributed by atoms with Crippen molar-refractivity contribution in [3.63, 3.8) is 0 Å². The van der Waals surface area contributed by atoms with Gasteiger partial charge >= 0.3 is 0 Å². The first-order valence-corrected chi connectivity index (χ1v) is 7.07. The topological polar surface area (TPSA) is 39.1 Å². The van der Waals surface area contributed by atoms with Gasteiger partial charge in [-0.05, 0) is 40.2 Å². The van der Waals surface area contributed by atoms with Crippen LogP contribution in [0, 0.1) is 0 Å². The molecular formula is C13H15BrClN3O. The number of halogens is 2. The molecule has 1 N–H and O–H groups in total. The van der Waals surface area contributed by atoms with Crippen LogP contribution in [-0.2, 0) is 11.3 Å². The summed E-state index contributed by atoms with van der Waals surface area (Å²) in [5.74, 6) is 0. The van der Waals surface area contributed by atoms with Gasteiger partial charge in [0, 0.05) is 30.9 Å². The lowest BCUT2D eigenvalue weighted by atomic mass is 10.3. The molecule has 0 aliphatic carbocycles. The minimum atomic E-state index is 0.692. The van der Waals surface area contributed by atoms with Gasteiger partial charge in [-0.3, -0.25) is 0 Å². The molecule has 102 valence electrons. The molecule has 0 bridgehead atoms. The normalized spacial score (nSPS) is 10.9. The van der Waals surface area contributed by atoms with E-state index in [9.17, 15) is 0 Å². The van der Waals surface area contributed by atoms with Gasteiger partial charge < -0.3 is 10.1 Å². The van der Waals surface area contributed by atoms with Crippen molar-refractivity contribution in [3.8, 4) is 5.69 Å². The Bertz CT molecular complexity index is 544. The van der Waals surface area contributed by atoms with Crippen LogP contribution in [0.5, 0.6) is 0 Å². The van der Waals surface area contributed by atoms with Crippen LogP contribution in [-0.4, -0.2) is 30.0 Å². The summed E-state index contributed by atoms with van der Waals surface area (Å²) in [6.07, 6.45) is 1.93. The van der Waals surface area contributed by atoms with Gasteiger partial charge in [-0.25, -0.2) is 4.68 Å². The fraction of sp³-hybridized carbons (Fsp3) is 0.308. The second kappa shape index (κ2) is 7.05. The van der Waals surface area contributed by atoms with Crippen molar-refractivity contribution in [1.29, 1.82) is 0 Å². The summed E-state index contributed by atoms with van der Waals surface area (Å²) in [6, 6.07) is 7.71. The summed E-state index contributed by atoms with van der Waals surface area (Å²) < 4.78 is 7.66. The van der Waals surface area contributed by atoms with E-state index < -0.39 is 0 Å². The van der Waals surface area contributed by atoms with E-state index in [0.717, 1.165) is 28.9 Å². The van der Waals surface area contributed by atoms with E-state index in [1.54, 1.807) is 7.11 Å². The number of nitrogens with one attached hydrogen (secondary N) is 1. The molecule has 1 heterocycles. The summed E-state index contributed by atoms with van der Waals surface area (Å²) in [7, 11) is 1.69. The number of rotatable bonds is 6. The molecule has 4 nitrogen and oxygen atoms in total. The molecule has 0 aliphatic heterocycles. The van der Waals surface area contributed by atoms with Crippen molar-refractivity contribution < 1.29 is 4.74 Å². The number of hydrogen-bond acceptors (Lipinski definition) is 3. The quantitative estimate of drug-likeness (QED) is 0.819. The average molecular weight is 345 g/mol. The molecule has 0 saturated carbocycles. The molecule has 19 heavy (non-hydrogen) atoms.